The number of nitrogens with two attached hydrogens (primary N) is 2. The first-order chi connectivity index (χ1) is 9.38. The highest BCUT2D eigenvalue weighted by Crippen LogP contribution is 2.25. The molecule has 0 radical (unpaired) electrons. The molecule has 1 aromatic heterocycles. The van der Waals surface area contributed by atoms with Crippen LogP contribution in [0.2, 0.25) is 0 Å². The fourth-order valence-corrected chi connectivity index (χ4v) is 1.58. The first-order valence-corrected chi connectivity index (χ1v) is 5.67. The number of primary amides is 1. The van der Waals surface area contributed by atoms with Crippen molar-refractivity contribution in [1.29, 1.82) is 0 Å². The molecule has 0 atom stereocenters. The van der Waals surface area contributed by atoms with Crippen LogP contribution in [0.4, 0.5) is 26.0 Å². The number of anilines is 3. The molecule has 5 N–H and O–H groups in total. The molecular formula is C13H12F2N4O. The van der Waals surface area contributed by atoms with Crippen LogP contribution in [-0.4, -0.2) is 10.9 Å². The smallest absolute Gasteiger partial charge is 0.267 e. The number of benzene rings is 1. The van der Waals surface area contributed by atoms with Crippen LogP contribution in [0.3, 0.4) is 0 Å². The van der Waals surface area contributed by atoms with Gasteiger partial charge in [0.05, 0.1) is 11.4 Å². The standard InChI is InChI=1S/C13H12F2N4O/c1-6-4-8(15)11(5-7(6)14)19-13-9(16)2-3-10(18-13)12(17)20/h2-5H,16H2,1H3,(H2,17,20)(H,18,19). The van der Waals surface area contributed by atoms with E-state index in [1.807, 2.05) is 0 Å². The second kappa shape index (κ2) is 5.12. The van der Waals surface area contributed by atoms with Crippen LogP contribution in [-0.2, 0) is 0 Å². The zero-order chi connectivity index (χ0) is 14.9. The highest BCUT2D eigenvalue weighted by molar-refractivity contribution is 5.92. The lowest BCUT2D eigenvalue weighted by Gasteiger charge is -2.11. The van der Waals surface area contributed by atoms with Crippen molar-refractivity contribution in [3.05, 3.63) is 47.2 Å². The van der Waals surface area contributed by atoms with Gasteiger partial charge in [-0.3, -0.25) is 4.79 Å². The van der Waals surface area contributed by atoms with Gasteiger partial charge >= 0.3 is 0 Å². The van der Waals surface area contributed by atoms with Gasteiger partial charge in [0, 0.05) is 6.07 Å². The van der Waals surface area contributed by atoms with Gasteiger partial charge in [-0.2, -0.15) is 0 Å². The van der Waals surface area contributed by atoms with Crippen LogP contribution in [0.25, 0.3) is 0 Å². The number of nitrogens with one attached hydrogen (secondary N) is 1. The summed E-state index contributed by atoms with van der Waals surface area (Å²) in [7, 11) is 0. The zero-order valence-electron chi connectivity index (χ0n) is 10.6. The van der Waals surface area contributed by atoms with Gasteiger partial charge in [0.1, 0.15) is 17.3 Å². The van der Waals surface area contributed by atoms with Crippen molar-refractivity contribution in [2.24, 2.45) is 5.73 Å². The number of carbonyl (C=O) groups excluding carboxylic acids is 1. The Morgan fingerprint density at radius 1 is 1.25 bits per heavy atom. The number of halogens is 2. The Morgan fingerprint density at radius 2 is 1.95 bits per heavy atom. The van der Waals surface area contributed by atoms with Crippen molar-refractivity contribution < 1.29 is 13.6 Å². The lowest BCUT2D eigenvalue weighted by molar-refractivity contribution is 0.0996. The number of hydrogen-bond donors (Lipinski definition) is 3. The molecule has 7 heteroatoms. The largest absolute Gasteiger partial charge is 0.396 e. The Morgan fingerprint density at radius 3 is 2.60 bits per heavy atom. The number of carbonyl (C=O) groups is 1. The monoisotopic (exact) mass is 278 g/mol. The van der Waals surface area contributed by atoms with Crippen LogP contribution in [0.15, 0.2) is 24.3 Å². The van der Waals surface area contributed by atoms with Crippen LogP contribution in [0.5, 0.6) is 0 Å². The number of aryl methyl sites for hydroxylation is 1. The maximum atomic E-state index is 13.7. The number of amides is 1. The third-order valence-corrected chi connectivity index (χ3v) is 2.68. The average molecular weight is 278 g/mol. The molecule has 0 saturated carbocycles. The second-order valence-electron chi connectivity index (χ2n) is 4.20. The van der Waals surface area contributed by atoms with E-state index >= 15 is 0 Å². The summed E-state index contributed by atoms with van der Waals surface area (Å²) in [5.74, 6) is -1.94. The summed E-state index contributed by atoms with van der Waals surface area (Å²) in [6.07, 6.45) is 0. The molecular weight excluding hydrogens is 266 g/mol. The van der Waals surface area contributed by atoms with Crippen molar-refractivity contribution in [2.45, 2.75) is 6.92 Å². The van der Waals surface area contributed by atoms with Gasteiger partial charge in [-0.25, -0.2) is 13.8 Å². The SMILES string of the molecule is Cc1cc(F)c(Nc2nc(C(N)=O)ccc2N)cc1F. The fourth-order valence-electron chi connectivity index (χ4n) is 1.58. The number of rotatable bonds is 3. The average Bonchev–Trinajstić information content (AvgIpc) is 2.38. The van der Waals surface area contributed by atoms with Gasteiger partial charge in [-0.1, -0.05) is 0 Å². The Labute approximate surface area is 113 Å². The fraction of sp³-hybridized carbons (Fsp3) is 0.0769. The summed E-state index contributed by atoms with van der Waals surface area (Å²) in [5.41, 5.74) is 11.0. The summed E-state index contributed by atoms with van der Waals surface area (Å²) in [6.45, 7) is 1.45. The molecule has 0 fully saturated rings. The molecule has 0 aliphatic rings. The minimum absolute atomic E-state index is 0.0310. The van der Waals surface area contributed by atoms with Crippen molar-refractivity contribution in [3.63, 3.8) is 0 Å². The van der Waals surface area contributed by atoms with Crippen molar-refractivity contribution in [3.8, 4) is 0 Å². The van der Waals surface area contributed by atoms with Gasteiger partial charge in [0.25, 0.3) is 5.91 Å². The molecule has 104 valence electrons. The maximum Gasteiger partial charge on any atom is 0.267 e. The van der Waals surface area contributed by atoms with E-state index in [-0.39, 0.29) is 28.5 Å². The summed E-state index contributed by atoms with van der Waals surface area (Å²) in [5, 5.41) is 2.54. The number of pyridine rings is 1. The molecule has 5 nitrogen and oxygen atoms in total. The Kier molecular flexibility index (Phi) is 3.51. The molecule has 0 saturated heterocycles. The summed E-state index contributed by atoms with van der Waals surface area (Å²) in [6, 6.07) is 4.78. The van der Waals surface area contributed by atoms with Gasteiger partial charge in [0.15, 0.2) is 5.82 Å². The third-order valence-electron chi connectivity index (χ3n) is 2.68. The lowest BCUT2D eigenvalue weighted by Crippen LogP contribution is -2.14. The highest BCUT2D eigenvalue weighted by Gasteiger charge is 2.11. The summed E-state index contributed by atoms with van der Waals surface area (Å²) < 4.78 is 27.2. The molecule has 1 amide bonds. The molecule has 0 bridgehead atoms. The molecule has 1 aromatic carbocycles. The minimum Gasteiger partial charge on any atom is -0.396 e. The Hall–Kier alpha value is -2.70. The number of nitrogen functional groups attached to an aromatic ring is 1. The van der Waals surface area contributed by atoms with E-state index in [2.05, 4.69) is 10.3 Å². The van der Waals surface area contributed by atoms with E-state index in [1.54, 1.807) is 0 Å². The molecule has 20 heavy (non-hydrogen) atoms. The van der Waals surface area contributed by atoms with E-state index in [1.165, 1.54) is 19.1 Å². The van der Waals surface area contributed by atoms with Crippen molar-refractivity contribution >= 4 is 23.1 Å². The first kappa shape index (κ1) is 13.7. The van der Waals surface area contributed by atoms with Crippen LogP contribution < -0.4 is 16.8 Å². The molecule has 0 unspecified atom stereocenters. The molecule has 1 heterocycles. The molecule has 2 aromatic rings. The maximum absolute atomic E-state index is 13.7. The quantitative estimate of drug-likeness (QED) is 0.801. The topological polar surface area (TPSA) is 94.0 Å². The Bertz CT molecular complexity index is 688. The van der Waals surface area contributed by atoms with E-state index in [0.29, 0.717) is 0 Å². The zero-order valence-corrected chi connectivity index (χ0v) is 10.6. The summed E-state index contributed by atoms with van der Waals surface area (Å²) >= 11 is 0. The van der Waals surface area contributed by atoms with Gasteiger partial charge in [-0.15, -0.1) is 0 Å². The van der Waals surface area contributed by atoms with Crippen LogP contribution in [0.1, 0.15) is 16.1 Å². The number of nitrogens with zero attached hydrogens (tertiary/aromatic N) is 1. The van der Waals surface area contributed by atoms with Crippen LogP contribution >= 0.6 is 0 Å². The van der Waals surface area contributed by atoms with Crippen LogP contribution in [0, 0.1) is 18.6 Å². The molecule has 0 spiro atoms. The Balaban J connectivity index is 2.42. The molecule has 2 rings (SSSR count). The summed E-state index contributed by atoms with van der Waals surface area (Å²) in [4.78, 5) is 14.9. The van der Waals surface area contributed by atoms with Gasteiger partial charge in [0.2, 0.25) is 0 Å². The van der Waals surface area contributed by atoms with E-state index in [0.717, 1.165) is 12.1 Å². The second-order valence-corrected chi connectivity index (χ2v) is 4.20. The van der Waals surface area contributed by atoms with E-state index in [9.17, 15) is 13.6 Å². The van der Waals surface area contributed by atoms with E-state index < -0.39 is 17.5 Å². The lowest BCUT2D eigenvalue weighted by atomic mass is 10.2. The highest BCUT2D eigenvalue weighted by atomic mass is 19.1. The number of aromatic nitrogens is 1. The third kappa shape index (κ3) is 2.66. The predicted octanol–water partition coefficient (Wildman–Crippen LogP) is 2.09. The minimum atomic E-state index is -0.747. The van der Waals surface area contributed by atoms with E-state index in [4.69, 9.17) is 11.5 Å². The van der Waals surface area contributed by atoms with Gasteiger partial charge in [-0.05, 0) is 30.7 Å². The molecule has 0 aliphatic heterocycles. The normalized spacial score (nSPS) is 10.3. The van der Waals surface area contributed by atoms with Gasteiger partial charge < -0.3 is 16.8 Å². The van der Waals surface area contributed by atoms with Crippen molar-refractivity contribution in [2.75, 3.05) is 11.1 Å². The number of hydrogen-bond acceptors (Lipinski definition) is 4. The predicted molar refractivity (Wildman–Crippen MR) is 71.5 cm³/mol. The first-order valence-electron chi connectivity index (χ1n) is 5.67. The molecule has 0 aliphatic carbocycles. The van der Waals surface area contributed by atoms with Crippen molar-refractivity contribution in [1.82, 2.24) is 4.98 Å².